The Hall–Kier alpha value is -2.61. The third kappa shape index (κ3) is 2.44. The molecule has 1 aromatic heterocycles. The van der Waals surface area contributed by atoms with Crippen LogP contribution in [0.5, 0.6) is 11.5 Å². The Bertz CT molecular complexity index is 865. The molecule has 0 amide bonds. The van der Waals surface area contributed by atoms with Crippen LogP contribution in [0.25, 0.3) is 0 Å². The van der Waals surface area contributed by atoms with E-state index in [0.717, 1.165) is 11.4 Å². The first kappa shape index (κ1) is 16.8. The molecule has 1 saturated heterocycles. The van der Waals surface area contributed by atoms with Crippen molar-refractivity contribution in [2.45, 2.75) is 19.4 Å². The number of aryl methyl sites for hydroxylation is 2. The fourth-order valence-electron chi connectivity index (χ4n) is 4.17. The van der Waals surface area contributed by atoms with E-state index in [4.69, 9.17) is 9.47 Å². The van der Waals surface area contributed by atoms with Crippen LogP contribution in [-0.4, -0.2) is 57.5 Å². The summed E-state index contributed by atoms with van der Waals surface area (Å²) in [6.07, 6.45) is 0. The fraction of sp³-hybridized carbons (Fsp3) is 0.500. The van der Waals surface area contributed by atoms with Gasteiger partial charge in [-0.15, -0.1) is 0 Å². The third-order valence-electron chi connectivity index (χ3n) is 5.44. The van der Waals surface area contributed by atoms with Crippen molar-refractivity contribution in [3.8, 4) is 11.5 Å². The predicted molar refractivity (Wildman–Crippen MR) is 92.3 cm³/mol. The molecule has 3 heterocycles. The Kier molecular flexibility index (Phi) is 3.87. The number of carboxylic acids is 1. The molecule has 0 saturated carbocycles. The summed E-state index contributed by atoms with van der Waals surface area (Å²) in [5.74, 6) is 1.86. The van der Waals surface area contributed by atoms with Gasteiger partial charge in [-0.25, -0.2) is 4.98 Å². The van der Waals surface area contributed by atoms with E-state index in [2.05, 4.69) is 15.0 Å². The fourth-order valence-corrected chi connectivity index (χ4v) is 4.17. The minimum Gasteiger partial charge on any atom is -0.493 e. The lowest BCUT2D eigenvalue weighted by molar-refractivity contribution is -0.152. The lowest BCUT2D eigenvalue weighted by Crippen LogP contribution is -2.45. The summed E-state index contributed by atoms with van der Waals surface area (Å²) in [6, 6.07) is 5.66. The van der Waals surface area contributed by atoms with Crippen molar-refractivity contribution in [1.82, 2.24) is 19.7 Å². The summed E-state index contributed by atoms with van der Waals surface area (Å²) in [5.41, 5.74) is -0.0675. The van der Waals surface area contributed by atoms with Crippen LogP contribution in [0, 0.1) is 12.3 Å². The Labute approximate surface area is 151 Å². The van der Waals surface area contributed by atoms with Gasteiger partial charge in [0.05, 0.1) is 13.7 Å². The van der Waals surface area contributed by atoms with E-state index in [1.54, 1.807) is 11.8 Å². The molecule has 138 valence electrons. The number of para-hydroxylation sites is 1. The van der Waals surface area contributed by atoms with Crippen molar-refractivity contribution >= 4 is 5.97 Å². The van der Waals surface area contributed by atoms with E-state index in [-0.39, 0.29) is 12.5 Å². The SMILES string of the molecule is COc1cccc2c1OC[C@]1(C(=O)O)CN(Cc3nc(C)nn3C)C[C@H]21. The highest BCUT2D eigenvalue weighted by atomic mass is 16.5. The number of methoxy groups -OCH3 is 1. The van der Waals surface area contributed by atoms with Crippen molar-refractivity contribution in [1.29, 1.82) is 0 Å². The van der Waals surface area contributed by atoms with Gasteiger partial charge in [0.2, 0.25) is 0 Å². The zero-order valence-corrected chi connectivity index (χ0v) is 15.1. The maximum Gasteiger partial charge on any atom is 0.315 e. The van der Waals surface area contributed by atoms with Crippen molar-refractivity contribution in [3.63, 3.8) is 0 Å². The van der Waals surface area contributed by atoms with Crippen molar-refractivity contribution in [3.05, 3.63) is 35.4 Å². The lowest BCUT2D eigenvalue weighted by atomic mass is 9.73. The highest BCUT2D eigenvalue weighted by Gasteiger charge is 2.57. The van der Waals surface area contributed by atoms with Crippen molar-refractivity contribution < 1.29 is 19.4 Å². The second-order valence-electron chi connectivity index (χ2n) is 7.05. The molecule has 1 fully saturated rings. The van der Waals surface area contributed by atoms with Gasteiger partial charge < -0.3 is 14.6 Å². The Balaban J connectivity index is 1.69. The molecule has 2 aliphatic rings. The monoisotopic (exact) mass is 358 g/mol. The maximum atomic E-state index is 12.2. The van der Waals surface area contributed by atoms with Crippen LogP contribution < -0.4 is 9.47 Å². The van der Waals surface area contributed by atoms with Gasteiger partial charge in [-0.3, -0.25) is 14.4 Å². The van der Waals surface area contributed by atoms with Gasteiger partial charge in [0.1, 0.15) is 23.7 Å². The van der Waals surface area contributed by atoms with Crippen molar-refractivity contribution in [2.24, 2.45) is 12.5 Å². The third-order valence-corrected chi connectivity index (χ3v) is 5.44. The molecule has 0 spiro atoms. The van der Waals surface area contributed by atoms with Gasteiger partial charge >= 0.3 is 5.97 Å². The number of aromatic nitrogens is 3. The van der Waals surface area contributed by atoms with Gasteiger partial charge in [0.25, 0.3) is 0 Å². The average Bonchev–Trinajstić information content (AvgIpc) is 3.14. The number of likely N-dealkylation sites (tertiary alicyclic amines) is 1. The standard InChI is InChI=1S/C18H22N4O4/c1-11-19-15(21(2)20-11)8-22-7-13-12-5-4-6-14(25-3)16(12)26-10-18(13,9-22)17(23)24/h4-6,13H,7-10H2,1-3H3,(H,23,24)/t13-,18-/m1/s1. The second kappa shape index (κ2) is 5.98. The number of carbonyl (C=O) groups is 1. The largest absolute Gasteiger partial charge is 0.493 e. The highest BCUT2D eigenvalue weighted by Crippen LogP contribution is 2.52. The summed E-state index contributed by atoms with van der Waals surface area (Å²) >= 11 is 0. The molecule has 0 bridgehead atoms. The predicted octanol–water partition coefficient (Wildman–Crippen LogP) is 1.19. The minimum absolute atomic E-state index is 0.134. The zero-order chi connectivity index (χ0) is 18.5. The molecule has 0 radical (unpaired) electrons. The second-order valence-corrected chi connectivity index (χ2v) is 7.05. The molecular weight excluding hydrogens is 336 g/mol. The number of hydrogen-bond acceptors (Lipinski definition) is 6. The van der Waals surface area contributed by atoms with Crippen LogP contribution in [0.1, 0.15) is 23.1 Å². The molecule has 4 rings (SSSR count). The summed E-state index contributed by atoms with van der Waals surface area (Å²) < 4.78 is 13.0. The van der Waals surface area contributed by atoms with E-state index in [0.29, 0.717) is 37.0 Å². The molecule has 2 atom stereocenters. The number of carboxylic acid groups (broad SMARTS) is 1. The number of nitrogens with zero attached hydrogens (tertiary/aromatic N) is 4. The summed E-state index contributed by atoms with van der Waals surface area (Å²) in [6.45, 7) is 3.58. The van der Waals surface area contributed by atoms with Crippen molar-refractivity contribution in [2.75, 3.05) is 26.8 Å². The van der Waals surface area contributed by atoms with Crippen LogP contribution in [0.3, 0.4) is 0 Å². The molecule has 0 unspecified atom stereocenters. The normalized spacial score (nSPS) is 24.7. The molecule has 0 aliphatic carbocycles. The van der Waals surface area contributed by atoms with Crippen LogP contribution in [-0.2, 0) is 18.4 Å². The van der Waals surface area contributed by atoms with E-state index >= 15 is 0 Å². The van der Waals surface area contributed by atoms with Gasteiger partial charge in [0, 0.05) is 31.6 Å². The van der Waals surface area contributed by atoms with Crippen LogP contribution in [0.2, 0.25) is 0 Å². The van der Waals surface area contributed by atoms with Gasteiger partial charge in [-0.1, -0.05) is 12.1 Å². The van der Waals surface area contributed by atoms with Crippen LogP contribution >= 0.6 is 0 Å². The Morgan fingerprint density at radius 3 is 2.96 bits per heavy atom. The maximum absolute atomic E-state index is 12.2. The molecule has 8 heteroatoms. The Morgan fingerprint density at radius 2 is 2.31 bits per heavy atom. The lowest BCUT2D eigenvalue weighted by Gasteiger charge is -2.36. The zero-order valence-electron chi connectivity index (χ0n) is 15.1. The molecule has 1 N–H and O–H groups in total. The van der Waals surface area contributed by atoms with E-state index in [1.165, 1.54) is 0 Å². The van der Waals surface area contributed by atoms with E-state index in [9.17, 15) is 9.90 Å². The van der Waals surface area contributed by atoms with Gasteiger partial charge in [-0.2, -0.15) is 5.10 Å². The van der Waals surface area contributed by atoms with Gasteiger partial charge in [0.15, 0.2) is 11.5 Å². The molecule has 1 aromatic carbocycles. The number of hydrogen-bond donors (Lipinski definition) is 1. The number of rotatable bonds is 4. The molecule has 2 aliphatic heterocycles. The number of fused-ring (bicyclic) bond motifs is 3. The molecule has 8 nitrogen and oxygen atoms in total. The summed E-state index contributed by atoms with van der Waals surface area (Å²) in [7, 11) is 3.45. The minimum atomic E-state index is -0.965. The smallest absolute Gasteiger partial charge is 0.315 e. The highest BCUT2D eigenvalue weighted by molar-refractivity contribution is 5.78. The summed E-state index contributed by atoms with van der Waals surface area (Å²) in [5, 5.41) is 14.3. The number of aliphatic carboxylic acids is 1. The number of benzene rings is 1. The van der Waals surface area contributed by atoms with Gasteiger partial charge in [-0.05, 0) is 13.0 Å². The molecular formula is C18H22N4O4. The first-order valence-corrected chi connectivity index (χ1v) is 8.56. The van der Waals surface area contributed by atoms with Crippen LogP contribution in [0.4, 0.5) is 0 Å². The summed E-state index contributed by atoms with van der Waals surface area (Å²) in [4.78, 5) is 18.8. The van der Waals surface area contributed by atoms with E-state index in [1.807, 2.05) is 32.2 Å². The quantitative estimate of drug-likeness (QED) is 0.878. The topological polar surface area (TPSA) is 89.7 Å². The first-order valence-electron chi connectivity index (χ1n) is 8.56. The average molecular weight is 358 g/mol. The van der Waals surface area contributed by atoms with Crippen LogP contribution in [0.15, 0.2) is 18.2 Å². The Morgan fingerprint density at radius 1 is 1.50 bits per heavy atom. The molecule has 2 aromatic rings. The first-order chi connectivity index (χ1) is 12.4. The molecule has 26 heavy (non-hydrogen) atoms. The number of ether oxygens (including phenoxy) is 2. The van der Waals surface area contributed by atoms with E-state index < -0.39 is 11.4 Å².